The van der Waals surface area contributed by atoms with Gasteiger partial charge in [-0.1, -0.05) is 35.3 Å². The molecule has 0 aliphatic heterocycles. The fourth-order valence-electron chi connectivity index (χ4n) is 3.74. The van der Waals surface area contributed by atoms with Crippen LogP contribution in [-0.4, -0.2) is 22.5 Å². The van der Waals surface area contributed by atoms with Gasteiger partial charge in [0.2, 0.25) is 0 Å². The Balaban J connectivity index is 1.68. The third-order valence-electron chi connectivity index (χ3n) is 5.22. The van der Waals surface area contributed by atoms with Gasteiger partial charge in [0.15, 0.2) is 5.69 Å². The molecule has 1 aromatic heterocycles. The molecule has 4 rings (SSSR count). The van der Waals surface area contributed by atoms with Crippen molar-refractivity contribution in [2.75, 3.05) is 6.61 Å². The van der Waals surface area contributed by atoms with Gasteiger partial charge >= 0.3 is 5.97 Å². The van der Waals surface area contributed by atoms with Crippen LogP contribution in [0.1, 0.15) is 53.5 Å². The molecular weight excluding hydrogens is 447 g/mol. The Bertz CT molecular complexity index is 1160. The summed E-state index contributed by atoms with van der Waals surface area (Å²) in [5.74, 6) is 0.269. The van der Waals surface area contributed by atoms with Crippen molar-refractivity contribution in [3.63, 3.8) is 0 Å². The first-order chi connectivity index (χ1) is 15.5. The van der Waals surface area contributed by atoms with Crippen molar-refractivity contribution in [1.82, 2.24) is 9.97 Å². The van der Waals surface area contributed by atoms with Crippen molar-refractivity contribution in [1.29, 1.82) is 0 Å². The minimum Gasteiger partial charge on any atom is -0.488 e. The van der Waals surface area contributed by atoms with Crippen LogP contribution in [0.4, 0.5) is 0 Å². The largest absolute Gasteiger partial charge is 0.488 e. The lowest BCUT2D eigenvalue weighted by Gasteiger charge is -2.15. The number of hydrogen-bond acceptors (Lipinski definition) is 5. The highest BCUT2D eigenvalue weighted by Gasteiger charge is 2.23. The lowest BCUT2D eigenvalue weighted by molar-refractivity contribution is 0.0519. The highest BCUT2D eigenvalue weighted by molar-refractivity contribution is 6.31. The van der Waals surface area contributed by atoms with Gasteiger partial charge in [0, 0.05) is 15.6 Å². The van der Waals surface area contributed by atoms with E-state index in [1.54, 1.807) is 13.1 Å². The zero-order chi connectivity index (χ0) is 22.5. The van der Waals surface area contributed by atoms with E-state index >= 15 is 0 Å². The van der Waals surface area contributed by atoms with Crippen molar-refractivity contribution in [2.45, 2.75) is 32.8 Å². The van der Waals surface area contributed by atoms with Gasteiger partial charge < -0.3 is 9.47 Å². The quantitative estimate of drug-likeness (QED) is 0.364. The number of ether oxygens (including phenoxy) is 2. The number of halogens is 2. The Hall–Kier alpha value is -2.89. The van der Waals surface area contributed by atoms with Crippen LogP contribution in [0.3, 0.4) is 0 Å². The van der Waals surface area contributed by atoms with Crippen molar-refractivity contribution >= 4 is 40.3 Å². The summed E-state index contributed by atoms with van der Waals surface area (Å²) in [5.41, 5.74) is 4.97. The molecule has 1 aliphatic rings. The highest BCUT2D eigenvalue weighted by Crippen LogP contribution is 2.43. The Morgan fingerprint density at radius 3 is 2.53 bits per heavy atom. The Labute approximate surface area is 197 Å². The summed E-state index contributed by atoms with van der Waals surface area (Å²) in [7, 11) is 0. The molecule has 32 heavy (non-hydrogen) atoms. The molecule has 3 aromatic rings. The summed E-state index contributed by atoms with van der Waals surface area (Å²) in [4.78, 5) is 20.9. The molecule has 0 saturated heterocycles. The third-order valence-corrected chi connectivity index (χ3v) is 5.71. The molecule has 0 radical (unpaired) electrons. The number of nitrogens with zero attached hydrogens (tertiary/aromatic N) is 2. The minimum absolute atomic E-state index is 0.202. The monoisotopic (exact) mass is 468 g/mol. The van der Waals surface area contributed by atoms with E-state index in [4.69, 9.17) is 32.7 Å². The molecule has 1 heterocycles. The lowest BCUT2D eigenvalue weighted by Crippen LogP contribution is -2.09. The fraction of sp³-hybridized carbons (Fsp3) is 0.240. The van der Waals surface area contributed by atoms with Gasteiger partial charge in [-0.15, -0.1) is 0 Å². The number of allylic oxidation sites excluding steroid dienone is 2. The summed E-state index contributed by atoms with van der Waals surface area (Å²) >= 11 is 12.3. The van der Waals surface area contributed by atoms with Crippen LogP contribution in [-0.2, 0) is 11.3 Å². The van der Waals surface area contributed by atoms with Crippen LogP contribution in [0.15, 0.2) is 54.9 Å². The van der Waals surface area contributed by atoms with Crippen molar-refractivity contribution in [2.24, 2.45) is 0 Å². The van der Waals surface area contributed by atoms with E-state index in [1.165, 1.54) is 6.20 Å². The van der Waals surface area contributed by atoms with E-state index in [0.29, 0.717) is 22.3 Å². The maximum absolute atomic E-state index is 12.1. The van der Waals surface area contributed by atoms with Gasteiger partial charge in [-0.2, -0.15) is 0 Å². The number of esters is 1. The number of benzene rings is 2. The van der Waals surface area contributed by atoms with Crippen LogP contribution >= 0.6 is 23.2 Å². The summed E-state index contributed by atoms with van der Waals surface area (Å²) in [6, 6.07) is 13.2. The molecule has 0 bridgehead atoms. The van der Waals surface area contributed by atoms with Gasteiger partial charge in [-0.25, -0.2) is 9.78 Å². The van der Waals surface area contributed by atoms with Gasteiger partial charge in [0.25, 0.3) is 0 Å². The first-order valence-corrected chi connectivity index (χ1v) is 11.2. The van der Waals surface area contributed by atoms with Crippen LogP contribution < -0.4 is 4.74 Å². The van der Waals surface area contributed by atoms with Crippen LogP contribution in [0.25, 0.3) is 11.1 Å². The van der Waals surface area contributed by atoms with Crippen molar-refractivity contribution in [3.05, 3.63) is 87.4 Å². The van der Waals surface area contributed by atoms with Gasteiger partial charge in [-0.05, 0) is 73.2 Å². The fourth-order valence-corrected chi connectivity index (χ4v) is 4.04. The van der Waals surface area contributed by atoms with Crippen LogP contribution in [0, 0.1) is 0 Å². The molecule has 0 saturated carbocycles. The molecule has 0 atom stereocenters. The SMILES string of the molecule is CCOC(=O)c1cncc(C2=C(c3cc(Cl)ccc3OCc3ccc(Cl)cc3)CCC2)n1. The first-order valence-electron chi connectivity index (χ1n) is 10.4. The second-order valence-corrected chi connectivity index (χ2v) is 8.25. The van der Waals surface area contributed by atoms with E-state index in [1.807, 2.05) is 42.5 Å². The van der Waals surface area contributed by atoms with E-state index in [-0.39, 0.29) is 12.3 Å². The van der Waals surface area contributed by atoms with Crippen molar-refractivity contribution in [3.8, 4) is 5.75 Å². The zero-order valence-electron chi connectivity index (χ0n) is 17.6. The predicted octanol–water partition coefficient (Wildman–Crippen LogP) is 6.63. The second-order valence-electron chi connectivity index (χ2n) is 7.38. The molecule has 0 N–H and O–H groups in total. The zero-order valence-corrected chi connectivity index (χ0v) is 19.1. The molecule has 5 nitrogen and oxygen atoms in total. The molecule has 2 aromatic carbocycles. The molecular formula is C25H22Cl2N2O3. The Morgan fingerprint density at radius 1 is 1.00 bits per heavy atom. The maximum atomic E-state index is 12.1. The molecule has 0 amide bonds. The highest BCUT2D eigenvalue weighted by atomic mass is 35.5. The van der Waals surface area contributed by atoms with Crippen LogP contribution in [0.5, 0.6) is 5.75 Å². The van der Waals surface area contributed by atoms with Gasteiger partial charge in [-0.3, -0.25) is 4.98 Å². The number of rotatable bonds is 7. The van der Waals surface area contributed by atoms with Gasteiger partial charge in [0.1, 0.15) is 12.4 Å². The molecule has 7 heteroatoms. The Kier molecular flexibility index (Phi) is 7.08. The normalized spacial score (nSPS) is 13.3. The average Bonchev–Trinajstić information content (AvgIpc) is 3.29. The maximum Gasteiger partial charge on any atom is 0.358 e. The van der Waals surface area contributed by atoms with Crippen molar-refractivity contribution < 1.29 is 14.3 Å². The molecule has 0 spiro atoms. The predicted molar refractivity (Wildman–Crippen MR) is 126 cm³/mol. The summed E-state index contributed by atoms with van der Waals surface area (Å²) in [6.07, 6.45) is 5.77. The molecule has 1 aliphatic carbocycles. The third kappa shape index (κ3) is 5.12. The second kappa shape index (κ2) is 10.2. The smallest absolute Gasteiger partial charge is 0.358 e. The van der Waals surface area contributed by atoms with E-state index < -0.39 is 5.97 Å². The molecule has 0 fully saturated rings. The molecule has 164 valence electrons. The number of aromatic nitrogens is 2. The Morgan fingerprint density at radius 2 is 1.75 bits per heavy atom. The lowest BCUT2D eigenvalue weighted by atomic mass is 9.99. The average molecular weight is 469 g/mol. The summed E-state index contributed by atoms with van der Waals surface area (Å²) < 4.78 is 11.2. The van der Waals surface area contributed by atoms with Gasteiger partial charge in [0.05, 0.1) is 24.7 Å². The minimum atomic E-state index is -0.475. The topological polar surface area (TPSA) is 61.3 Å². The summed E-state index contributed by atoms with van der Waals surface area (Å²) in [5, 5.41) is 1.32. The van der Waals surface area contributed by atoms with Crippen LogP contribution in [0.2, 0.25) is 10.0 Å². The van der Waals surface area contributed by atoms with E-state index in [0.717, 1.165) is 47.3 Å². The van der Waals surface area contributed by atoms with E-state index in [9.17, 15) is 4.79 Å². The first kappa shape index (κ1) is 22.3. The number of hydrogen-bond donors (Lipinski definition) is 0. The number of carbonyl (C=O) groups is 1. The number of carbonyl (C=O) groups excluding carboxylic acids is 1. The van der Waals surface area contributed by atoms with E-state index in [2.05, 4.69) is 9.97 Å². The summed E-state index contributed by atoms with van der Waals surface area (Å²) in [6.45, 7) is 2.46. The molecule has 0 unspecified atom stereocenters. The standard InChI is InChI=1S/C25H22Cl2N2O3/c1-2-31-25(30)23-14-28-13-22(29-23)20-5-3-4-19(20)21-12-18(27)10-11-24(21)32-15-16-6-8-17(26)9-7-16/h6-14H,2-5,15H2,1H3.